The highest BCUT2D eigenvalue weighted by molar-refractivity contribution is 5.99. The highest BCUT2D eigenvalue weighted by Crippen LogP contribution is 2.03. The second-order valence-electron chi connectivity index (χ2n) is 2.99. The summed E-state index contributed by atoms with van der Waals surface area (Å²) in [5.74, 6) is 0. The number of nitrogens with two attached hydrogens (primary N) is 1. The topological polar surface area (TPSA) is 50.4 Å². The molecule has 0 amide bonds. The molecule has 0 saturated carbocycles. The van der Waals surface area contributed by atoms with Gasteiger partial charge >= 0.3 is 0 Å². The van der Waals surface area contributed by atoms with Gasteiger partial charge in [-0.2, -0.15) is 0 Å². The van der Waals surface area contributed by atoms with E-state index in [-0.39, 0.29) is 12.2 Å². The lowest BCUT2D eigenvalue weighted by Crippen LogP contribution is -2.34. The van der Waals surface area contributed by atoms with E-state index in [0.29, 0.717) is 0 Å². The van der Waals surface area contributed by atoms with Crippen LogP contribution in [-0.2, 0) is 0 Å². The van der Waals surface area contributed by atoms with E-state index in [2.05, 4.69) is 10.3 Å². The molecule has 2 unspecified atom stereocenters. The first kappa shape index (κ1) is 8.27. The number of hydrogen-bond donors (Lipinski definition) is 2. The number of aliphatic imine (C=N–C) groups is 1. The molecule has 62 valence electrons. The number of hydrogen-bond acceptors (Lipinski definition) is 3. The third-order valence-corrected chi connectivity index (χ3v) is 1.61. The molecule has 0 aliphatic carbocycles. The molecule has 3 nitrogen and oxygen atoms in total. The van der Waals surface area contributed by atoms with Gasteiger partial charge in [-0.1, -0.05) is 0 Å². The predicted octanol–water partition coefficient (Wildman–Crippen LogP) is 0.628. The molecule has 3 heteroatoms. The van der Waals surface area contributed by atoms with Crippen LogP contribution in [0.3, 0.4) is 0 Å². The maximum atomic E-state index is 5.69. The summed E-state index contributed by atoms with van der Waals surface area (Å²) in [5.41, 5.74) is 7.81. The van der Waals surface area contributed by atoms with E-state index < -0.39 is 0 Å². The smallest absolute Gasteiger partial charge is 0.115 e. The molecule has 0 radical (unpaired) electrons. The lowest BCUT2D eigenvalue weighted by Gasteiger charge is -2.20. The monoisotopic (exact) mass is 153 g/mol. The molecule has 0 spiro atoms. The van der Waals surface area contributed by atoms with Gasteiger partial charge < -0.3 is 11.1 Å². The zero-order chi connectivity index (χ0) is 8.43. The van der Waals surface area contributed by atoms with Crippen molar-refractivity contribution in [2.75, 3.05) is 0 Å². The highest BCUT2D eigenvalue weighted by Gasteiger charge is 2.10. The number of allylic oxidation sites excluding steroid dienone is 1. The molecular weight excluding hydrogens is 138 g/mol. The molecule has 1 aliphatic rings. The van der Waals surface area contributed by atoms with Crippen molar-refractivity contribution >= 4 is 5.71 Å². The molecule has 11 heavy (non-hydrogen) atoms. The van der Waals surface area contributed by atoms with Gasteiger partial charge in [0.1, 0.15) is 6.17 Å². The zero-order valence-corrected chi connectivity index (χ0v) is 7.26. The van der Waals surface area contributed by atoms with Crippen molar-refractivity contribution in [3.05, 3.63) is 11.8 Å². The van der Waals surface area contributed by atoms with Crippen LogP contribution in [0.25, 0.3) is 0 Å². The van der Waals surface area contributed by atoms with Crippen LogP contribution in [0.1, 0.15) is 20.8 Å². The van der Waals surface area contributed by atoms with Crippen molar-refractivity contribution in [1.29, 1.82) is 0 Å². The van der Waals surface area contributed by atoms with Crippen molar-refractivity contribution in [2.24, 2.45) is 10.7 Å². The Morgan fingerprint density at radius 3 is 2.82 bits per heavy atom. The third kappa shape index (κ3) is 2.05. The molecule has 0 bridgehead atoms. The van der Waals surface area contributed by atoms with Crippen LogP contribution in [0.15, 0.2) is 16.8 Å². The molecule has 1 heterocycles. The predicted molar refractivity (Wildman–Crippen MR) is 47.4 cm³/mol. The molecule has 0 aromatic carbocycles. The molecular formula is C8H15N3. The summed E-state index contributed by atoms with van der Waals surface area (Å²) in [6, 6.07) is 0.0366. The van der Waals surface area contributed by atoms with E-state index in [9.17, 15) is 0 Å². The van der Waals surface area contributed by atoms with Gasteiger partial charge in [-0.3, -0.25) is 4.99 Å². The first-order chi connectivity index (χ1) is 5.09. The van der Waals surface area contributed by atoms with Crippen molar-refractivity contribution in [3.8, 4) is 0 Å². The Balaban J connectivity index is 2.78. The van der Waals surface area contributed by atoms with Crippen LogP contribution in [0.4, 0.5) is 0 Å². The lowest BCUT2D eigenvalue weighted by atomic mass is 10.1. The van der Waals surface area contributed by atoms with Crippen LogP contribution in [0.2, 0.25) is 0 Å². The first-order valence-corrected chi connectivity index (χ1v) is 3.87. The minimum absolute atomic E-state index is 0.0366. The van der Waals surface area contributed by atoms with E-state index >= 15 is 0 Å². The average molecular weight is 153 g/mol. The summed E-state index contributed by atoms with van der Waals surface area (Å²) in [4.78, 5) is 4.34. The van der Waals surface area contributed by atoms with Gasteiger partial charge in [0, 0.05) is 11.7 Å². The number of nitrogens with zero attached hydrogens (tertiary/aromatic N) is 1. The van der Waals surface area contributed by atoms with Gasteiger partial charge in [0.05, 0.1) is 5.71 Å². The summed E-state index contributed by atoms with van der Waals surface area (Å²) in [6.07, 6.45) is 2.16. The Morgan fingerprint density at radius 1 is 1.73 bits per heavy atom. The summed E-state index contributed by atoms with van der Waals surface area (Å²) in [5, 5.41) is 3.18. The fraction of sp³-hybridized carbons (Fsp3) is 0.625. The maximum absolute atomic E-state index is 5.69. The molecule has 2 atom stereocenters. The second kappa shape index (κ2) is 3.05. The summed E-state index contributed by atoms with van der Waals surface area (Å²) >= 11 is 0. The van der Waals surface area contributed by atoms with Gasteiger partial charge in [-0.25, -0.2) is 0 Å². The number of nitrogens with one attached hydrogen (secondary N) is 1. The second-order valence-corrected chi connectivity index (χ2v) is 2.99. The van der Waals surface area contributed by atoms with Gasteiger partial charge in [0.15, 0.2) is 0 Å². The molecule has 0 fully saturated rings. The van der Waals surface area contributed by atoms with E-state index in [1.165, 1.54) is 0 Å². The van der Waals surface area contributed by atoms with Crippen LogP contribution in [0.5, 0.6) is 0 Å². The lowest BCUT2D eigenvalue weighted by molar-refractivity contribution is 0.630. The largest absolute Gasteiger partial charge is 0.368 e. The van der Waals surface area contributed by atoms with Crippen molar-refractivity contribution in [1.82, 2.24) is 5.32 Å². The van der Waals surface area contributed by atoms with E-state index in [1.54, 1.807) is 0 Å². The van der Waals surface area contributed by atoms with Crippen LogP contribution in [-0.4, -0.2) is 17.9 Å². The van der Waals surface area contributed by atoms with E-state index in [1.807, 2.05) is 26.8 Å². The third-order valence-electron chi connectivity index (χ3n) is 1.61. The Labute approximate surface area is 67.4 Å². The van der Waals surface area contributed by atoms with Gasteiger partial charge in [-0.05, 0) is 26.8 Å². The van der Waals surface area contributed by atoms with Crippen molar-refractivity contribution < 1.29 is 0 Å². The molecule has 1 aliphatic heterocycles. The fourth-order valence-corrected chi connectivity index (χ4v) is 1.14. The normalized spacial score (nSPS) is 26.7. The molecule has 0 saturated heterocycles. The first-order valence-electron chi connectivity index (χ1n) is 3.87. The fourth-order valence-electron chi connectivity index (χ4n) is 1.14. The van der Waals surface area contributed by atoms with Crippen LogP contribution >= 0.6 is 0 Å². The standard InChI is InChI=1S/C8H15N3/c1-5-4-8(6(2)9)11-7(3)10-5/h4,6-7,10H,9H2,1-3H3. The van der Waals surface area contributed by atoms with Gasteiger partial charge in [0.2, 0.25) is 0 Å². The Hall–Kier alpha value is -0.830. The highest BCUT2D eigenvalue weighted by atomic mass is 15.1. The molecule has 1 rings (SSSR count). The Morgan fingerprint density at radius 2 is 2.36 bits per heavy atom. The van der Waals surface area contributed by atoms with Crippen LogP contribution in [0, 0.1) is 0 Å². The summed E-state index contributed by atoms with van der Waals surface area (Å²) in [6.45, 7) is 5.98. The van der Waals surface area contributed by atoms with Gasteiger partial charge in [0.25, 0.3) is 0 Å². The SMILES string of the molecule is CC1=CC(C(C)N)=NC(C)N1. The molecule has 0 aromatic rings. The minimum atomic E-state index is 0.0366. The number of rotatable bonds is 1. The molecule has 0 aromatic heterocycles. The quantitative estimate of drug-likeness (QED) is 0.580. The van der Waals surface area contributed by atoms with Crippen molar-refractivity contribution in [3.63, 3.8) is 0 Å². The zero-order valence-electron chi connectivity index (χ0n) is 7.26. The Bertz CT molecular complexity index is 203. The summed E-state index contributed by atoms with van der Waals surface area (Å²) < 4.78 is 0. The van der Waals surface area contributed by atoms with Crippen LogP contribution < -0.4 is 11.1 Å². The minimum Gasteiger partial charge on any atom is -0.368 e. The average Bonchev–Trinajstić information content (AvgIpc) is 1.85. The molecule has 3 N–H and O–H groups in total. The van der Waals surface area contributed by atoms with E-state index in [0.717, 1.165) is 11.4 Å². The summed E-state index contributed by atoms with van der Waals surface area (Å²) in [7, 11) is 0. The van der Waals surface area contributed by atoms with Gasteiger partial charge in [-0.15, -0.1) is 0 Å². The van der Waals surface area contributed by atoms with Crippen molar-refractivity contribution in [2.45, 2.75) is 33.0 Å². The van der Waals surface area contributed by atoms with E-state index in [4.69, 9.17) is 5.73 Å². The maximum Gasteiger partial charge on any atom is 0.115 e. The Kier molecular flexibility index (Phi) is 2.29.